The lowest BCUT2D eigenvalue weighted by Gasteiger charge is -2.07. The summed E-state index contributed by atoms with van der Waals surface area (Å²) in [5.74, 6) is 1.59. The van der Waals surface area contributed by atoms with Crippen LogP contribution in [0.15, 0.2) is 82.2 Å². The molecule has 27 heavy (non-hydrogen) atoms. The van der Waals surface area contributed by atoms with Gasteiger partial charge in [0, 0.05) is 22.0 Å². The molecule has 0 fully saturated rings. The van der Waals surface area contributed by atoms with E-state index in [2.05, 4.69) is 0 Å². The molecular formula is C22H16ClNO3. The van der Waals surface area contributed by atoms with E-state index in [4.69, 9.17) is 25.7 Å². The molecular weight excluding hydrogens is 362 g/mol. The Bertz CT molecular complexity index is 1180. The maximum absolute atomic E-state index is 9.89. The zero-order chi connectivity index (χ0) is 18.8. The topological polar surface area (TPSA) is 55.0 Å². The number of rotatable bonds is 3. The van der Waals surface area contributed by atoms with Crippen LogP contribution in [0.1, 0.15) is 0 Å². The summed E-state index contributed by atoms with van der Waals surface area (Å²) < 4.78 is 11.3. The maximum Gasteiger partial charge on any atom is 0.137 e. The van der Waals surface area contributed by atoms with E-state index in [1.54, 1.807) is 37.4 Å². The van der Waals surface area contributed by atoms with Crippen LogP contribution in [0.3, 0.4) is 0 Å². The molecule has 0 radical (unpaired) electrons. The lowest BCUT2D eigenvalue weighted by Crippen LogP contribution is -2.03. The van der Waals surface area contributed by atoms with Crippen LogP contribution in [-0.4, -0.2) is 12.2 Å². The zero-order valence-corrected chi connectivity index (χ0v) is 15.3. The largest absolute Gasteiger partial charge is 0.508 e. The Morgan fingerprint density at radius 2 is 1.78 bits per heavy atom. The molecule has 0 bridgehead atoms. The molecule has 134 valence electrons. The standard InChI is InChI=1S/C22H16ClNO3/c1-26-18-8-5-14(6-9-18)22-13-20(24-16-4-2-3-15(23)11-16)19-12-17(25)7-10-21(19)27-22/h2-13,25H,1H3. The summed E-state index contributed by atoms with van der Waals surface area (Å²) in [6.07, 6.45) is 0. The van der Waals surface area contributed by atoms with Crippen LogP contribution in [-0.2, 0) is 0 Å². The van der Waals surface area contributed by atoms with Crippen molar-refractivity contribution in [2.45, 2.75) is 0 Å². The first kappa shape index (κ1) is 17.2. The normalized spacial score (nSPS) is 11.7. The summed E-state index contributed by atoms with van der Waals surface area (Å²) in [7, 11) is 1.63. The first-order chi connectivity index (χ1) is 13.1. The first-order valence-electron chi connectivity index (χ1n) is 8.34. The molecule has 4 aromatic rings. The molecule has 0 saturated heterocycles. The monoisotopic (exact) mass is 377 g/mol. The van der Waals surface area contributed by atoms with Crippen molar-refractivity contribution >= 4 is 28.3 Å². The quantitative estimate of drug-likeness (QED) is 0.498. The second-order valence-corrected chi connectivity index (χ2v) is 6.43. The fourth-order valence-electron chi connectivity index (χ4n) is 2.83. The van der Waals surface area contributed by atoms with Gasteiger partial charge in [-0.05, 0) is 60.7 Å². The molecule has 0 aliphatic heterocycles. The second kappa shape index (κ2) is 7.17. The second-order valence-electron chi connectivity index (χ2n) is 6.00. The van der Waals surface area contributed by atoms with Crippen LogP contribution in [0.25, 0.3) is 22.3 Å². The van der Waals surface area contributed by atoms with Gasteiger partial charge in [0.25, 0.3) is 0 Å². The number of halogens is 1. The Labute approximate surface area is 161 Å². The van der Waals surface area contributed by atoms with Gasteiger partial charge in [0.15, 0.2) is 0 Å². The first-order valence-corrected chi connectivity index (χ1v) is 8.72. The third-order valence-electron chi connectivity index (χ3n) is 4.16. The van der Waals surface area contributed by atoms with Gasteiger partial charge in [-0.25, -0.2) is 4.99 Å². The number of aromatic hydroxyl groups is 1. The van der Waals surface area contributed by atoms with E-state index in [1.807, 2.05) is 42.5 Å². The van der Waals surface area contributed by atoms with Crippen molar-refractivity contribution in [2.24, 2.45) is 4.99 Å². The molecule has 5 heteroatoms. The minimum absolute atomic E-state index is 0.150. The summed E-state index contributed by atoms with van der Waals surface area (Å²) in [5, 5.41) is 11.9. The number of methoxy groups -OCH3 is 1. The zero-order valence-electron chi connectivity index (χ0n) is 14.5. The van der Waals surface area contributed by atoms with Gasteiger partial charge in [-0.3, -0.25) is 0 Å². The van der Waals surface area contributed by atoms with Crippen molar-refractivity contribution in [1.82, 2.24) is 0 Å². The van der Waals surface area contributed by atoms with Gasteiger partial charge in [-0.15, -0.1) is 0 Å². The van der Waals surface area contributed by atoms with Crippen molar-refractivity contribution in [3.63, 3.8) is 0 Å². The molecule has 0 unspecified atom stereocenters. The summed E-state index contributed by atoms with van der Waals surface area (Å²) in [6, 6.07) is 21.7. The van der Waals surface area contributed by atoms with Gasteiger partial charge >= 0.3 is 0 Å². The Morgan fingerprint density at radius 1 is 0.963 bits per heavy atom. The van der Waals surface area contributed by atoms with Crippen molar-refractivity contribution in [2.75, 3.05) is 7.11 Å². The molecule has 0 atom stereocenters. The van der Waals surface area contributed by atoms with Gasteiger partial charge in [0.05, 0.1) is 18.2 Å². The summed E-state index contributed by atoms with van der Waals surface area (Å²) in [5.41, 5.74) is 2.24. The molecule has 4 rings (SSSR count). The van der Waals surface area contributed by atoms with Crippen molar-refractivity contribution in [3.05, 3.63) is 83.2 Å². The number of phenols is 1. The average Bonchev–Trinajstić information content (AvgIpc) is 2.68. The molecule has 0 aliphatic carbocycles. The predicted molar refractivity (Wildman–Crippen MR) is 107 cm³/mol. The van der Waals surface area contributed by atoms with Gasteiger partial charge < -0.3 is 14.3 Å². The van der Waals surface area contributed by atoms with E-state index in [1.165, 1.54) is 0 Å². The molecule has 0 aliphatic rings. The third-order valence-corrected chi connectivity index (χ3v) is 4.39. The van der Waals surface area contributed by atoms with E-state index in [0.717, 1.165) is 17.0 Å². The molecule has 1 aromatic heterocycles. The van der Waals surface area contributed by atoms with Gasteiger partial charge in [-0.2, -0.15) is 0 Å². The van der Waals surface area contributed by atoms with Crippen LogP contribution in [0, 0.1) is 0 Å². The number of benzene rings is 3. The van der Waals surface area contributed by atoms with Crippen LogP contribution in [0.2, 0.25) is 5.02 Å². The van der Waals surface area contributed by atoms with E-state index in [9.17, 15) is 5.11 Å². The number of hydrogen-bond donors (Lipinski definition) is 1. The van der Waals surface area contributed by atoms with Crippen molar-refractivity contribution in [3.8, 4) is 22.8 Å². The summed E-state index contributed by atoms with van der Waals surface area (Å²) in [6.45, 7) is 0. The number of phenolic OH excluding ortho intramolecular Hbond substituents is 1. The molecule has 0 saturated carbocycles. The smallest absolute Gasteiger partial charge is 0.137 e. The van der Waals surface area contributed by atoms with E-state index < -0.39 is 0 Å². The van der Waals surface area contributed by atoms with Gasteiger partial charge in [-0.1, -0.05) is 17.7 Å². The Balaban J connectivity index is 1.96. The maximum atomic E-state index is 9.89. The van der Waals surface area contributed by atoms with Crippen molar-refractivity contribution < 1.29 is 14.3 Å². The Morgan fingerprint density at radius 3 is 2.52 bits per heavy atom. The van der Waals surface area contributed by atoms with Crippen LogP contribution in [0.4, 0.5) is 5.69 Å². The van der Waals surface area contributed by atoms with E-state index in [-0.39, 0.29) is 5.75 Å². The van der Waals surface area contributed by atoms with Crippen LogP contribution < -0.4 is 10.1 Å². The molecule has 1 N–H and O–H groups in total. The SMILES string of the molecule is COc1ccc(-c2cc(=Nc3cccc(Cl)c3)c3cc(O)ccc3o2)cc1. The highest BCUT2D eigenvalue weighted by Crippen LogP contribution is 2.26. The van der Waals surface area contributed by atoms with Gasteiger partial charge in [0.1, 0.15) is 22.8 Å². The van der Waals surface area contributed by atoms with E-state index >= 15 is 0 Å². The number of ether oxygens (including phenoxy) is 1. The fourth-order valence-corrected chi connectivity index (χ4v) is 3.02. The Kier molecular flexibility index (Phi) is 4.57. The predicted octanol–water partition coefficient (Wildman–Crippen LogP) is 5.70. The molecule has 4 nitrogen and oxygen atoms in total. The number of hydrogen-bond acceptors (Lipinski definition) is 4. The number of nitrogens with zero attached hydrogens (tertiary/aromatic N) is 1. The number of fused-ring (bicyclic) bond motifs is 1. The third kappa shape index (κ3) is 3.66. The minimum atomic E-state index is 0.150. The minimum Gasteiger partial charge on any atom is -0.508 e. The Hall–Kier alpha value is -3.24. The lowest BCUT2D eigenvalue weighted by molar-refractivity contribution is 0.415. The van der Waals surface area contributed by atoms with E-state index in [0.29, 0.717) is 27.1 Å². The molecule has 3 aromatic carbocycles. The highest BCUT2D eigenvalue weighted by Gasteiger charge is 2.08. The molecule has 0 amide bonds. The van der Waals surface area contributed by atoms with Crippen molar-refractivity contribution in [1.29, 1.82) is 0 Å². The summed E-state index contributed by atoms with van der Waals surface area (Å²) >= 11 is 6.08. The van der Waals surface area contributed by atoms with Crippen LogP contribution >= 0.6 is 11.6 Å². The average molecular weight is 378 g/mol. The highest BCUT2D eigenvalue weighted by atomic mass is 35.5. The fraction of sp³-hybridized carbons (Fsp3) is 0.0455. The lowest BCUT2D eigenvalue weighted by atomic mass is 10.1. The summed E-state index contributed by atoms with van der Waals surface area (Å²) in [4.78, 5) is 4.71. The van der Waals surface area contributed by atoms with Crippen LogP contribution in [0.5, 0.6) is 11.5 Å². The molecule has 0 spiro atoms. The highest BCUT2D eigenvalue weighted by molar-refractivity contribution is 6.30. The molecule has 1 heterocycles. The van der Waals surface area contributed by atoms with Gasteiger partial charge in [0.2, 0.25) is 0 Å².